The van der Waals surface area contributed by atoms with E-state index in [4.69, 9.17) is 9.47 Å². The summed E-state index contributed by atoms with van der Waals surface area (Å²) in [5.41, 5.74) is 4.67. The van der Waals surface area contributed by atoms with Gasteiger partial charge < -0.3 is 9.47 Å². The molecular formula is C21H22N4O3. The van der Waals surface area contributed by atoms with Crippen LogP contribution in [-0.4, -0.2) is 29.9 Å². The first-order valence-corrected chi connectivity index (χ1v) is 8.97. The number of para-hydroxylation sites is 1. The van der Waals surface area contributed by atoms with Crippen molar-refractivity contribution >= 4 is 12.2 Å². The third-order valence-corrected chi connectivity index (χ3v) is 3.87. The number of hydrogen-bond acceptors (Lipinski definition) is 6. The molecule has 144 valence electrons. The minimum Gasteiger partial charge on any atom is -0.493 e. The van der Waals surface area contributed by atoms with Crippen LogP contribution >= 0.6 is 0 Å². The van der Waals surface area contributed by atoms with Crippen LogP contribution in [0.2, 0.25) is 0 Å². The van der Waals surface area contributed by atoms with E-state index in [1.54, 1.807) is 13.3 Å². The highest BCUT2D eigenvalue weighted by Crippen LogP contribution is 2.30. The molecule has 3 rings (SSSR count). The van der Waals surface area contributed by atoms with Gasteiger partial charge in [0.25, 0.3) is 5.56 Å². The maximum absolute atomic E-state index is 11.9. The van der Waals surface area contributed by atoms with Crippen molar-refractivity contribution in [3.8, 4) is 22.8 Å². The number of anilines is 1. The second-order valence-electron chi connectivity index (χ2n) is 5.94. The summed E-state index contributed by atoms with van der Waals surface area (Å²) in [6, 6.07) is 16.5. The zero-order chi connectivity index (χ0) is 19.8. The molecule has 0 saturated heterocycles. The van der Waals surface area contributed by atoms with Crippen molar-refractivity contribution in [3.63, 3.8) is 0 Å². The predicted octanol–water partition coefficient (Wildman–Crippen LogP) is 3.68. The van der Waals surface area contributed by atoms with Gasteiger partial charge >= 0.3 is 0 Å². The summed E-state index contributed by atoms with van der Waals surface area (Å²) in [5, 5.41) is 4.19. The Balaban J connectivity index is 1.82. The molecule has 28 heavy (non-hydrogen) atoms. The van der Waals surface area contributed by atoms with Gasteiger partial charge in [0.05, 0.1) is 25.6 Å². The minimum absolute atomic E-state index is 0.251. The monoisotopic (exact) mass is 378 g/mol. The van der Waals surface area contributed by atoms with Gasteiger partial charge in [0, 0.05) is 17.2 Å². The summed E-state index contributed by atoms with van der Waals surface area (Å²) in [5.74, 6) is 1.51. The Labute approximate surface area is 163 Å². The van der Waals surface area contributed by atoms with E-state index in [0.717, 1.165) is 17.5 Å². The summed E-state index contributed by atoms with van der Waals surface area (Å²) in [6.45, 7) is 2.61. The molecule has 0 bridgehead atoms. The van der Waals surface area contributed by atoms with Crippen LogP contribution in [0.15, 0.2) is 64.5 Å². The first-order valence-electron chi connectivity index (χ1n) is 8.97. The summed E-state index contributed by atoms with van der Waals surface area (Å²) in [4.78, 5) is 19.0. The number of nitrogens with one attached hydrogen (secondary N) is 2. The van der Waals surface area contributed by atoms with Gasteiger partial charge in [0.2, 0.25) is 5.95 Å². The molecule has 0 amide bonds. The molecule has 0 aliphatic heterocycles. The van der Waals surface area contributed by atoms with Crippen LogP contribution in [-0.2, 0) is 0 Å². The number of nitrogens with zero attached hydrogens (tertiary/aromatic N) is 2. The number of benzene rings is 2. The molecule has 0 spiro atoms. The van der Waals surface area contributed by atoms with Gasteiger partial charge in [-0.15, -0.1) is 0 Å². The van der Waals surface area contributed by atoms with Crippen molar-refractivity contribution in [3.05, 3.63) is 70.5 Å². The van der Waals surface area contributed by atoms with Crippen LogP contribution in [0, 0.1) is 0 Å². The standard InChI is InChI=1S/C21H22N4O3/c1-3-12-28-20-16(10-7-11-18(20)27-2)14-22-25-21-23-17(13-19(26)24-21)15-8-5-4-6-9-15/h4-11,13-14H,3,12H2,1-2H3,(H2,23,24,25,26)/b22-14-. The number of ether oxygens (including phenoxy) is 2. The first kappa shape index (κ1) is 19.2. The van der Waals surface area contributed by atoms with Crippen LogP contribution in [0.1, 0.15) is 18.9 Å². The van der Waals surface area contributed by atoms with Crippen molar-refractivity contribution in [1.82, 2.24) is 9.97 Å². The Morgan fingerprint density at radius 3 is 2.75 bits per heavy atom. The van der Waals surface area contributed by atoms with E-state index in [1.807, 2.05) is 55.5 Å². The highest BCUT2D eigenvalue weighted by atomic mass is 16.5. The summed E-state index contributed by atoms with van der Waals surface area (Å²) < 4.78 is 11.2. The average molecular weight is 378 g/mol. The molecule has 0 fully saturated rings. The van der Waals surface area contributed by atoms with Gasteiger partial charge in [0.15, 0.2) is 11.5 Å². The quantitative estimate of drug-likeness (QED) is 0.461. The van der Waals surface area contributed by atoms with Crippen LogP contribution in [0.3, 0.4) is 0 Å². The lowest BCUT2D eigenvalue weighted by molar-refractivity contribution is 0.294. The highest BCUT2D eigenvalue weighted by molar-refractivity contribution is 5.85. The van der Waals surface area contributed by atoms with E-state index in [1.165, 1.54) is 6.07 Å². The Hall–Kier alpha value is -3.61. The normalized spacial score (nSPS) is 10.8. The van der Waals surface area contributed by atoms with Crippen LogP contribution in [0.5, 0.6) is 11.5 Å². The summed E-state index contributed by atoms with van der Waals surface area (Å²) in [6.07, 6.45) is 2.48. The molecule has 0 saturated carbocycles. The Bertz CT molecular complexity index is 1000. The lowest BCUT2D eigenvalue weighted by Crippen LogP contribution is -2.10. The zero-order valence-corrected chi connectivity index (χ0v) is 15.8. The van der Waals surface area contributed by atoms with E-state index < -0.39 is 0 Å². The third-order valence-electron chi connectivity index (χ3n) is 3.87. The number of H-pyrrole nitrogens is 1. The largest absolute Gasteiger partial charge is 0.493 e. The van der Waals surface area contributed by atoms with Gasteiger partial charge in [-0.25, -0.2) is 10.4 Å². The molecule has 1 heterocycles. The first-order chi connectivity index (χ1) is 13.7. The Kier molecular flexibility index (Phi) is 6.41. The molecular weight excluding hydrogens is 356 g/mol. The van der Waals surface area contributed by atoms with Crippen molar-refractivity contribution in [1.29, 1.82) is 0 Å². The van der Waals surface area contributed by atoms with Gasteiger partial charge in [-0.3, -0.25) is 9.78 Å². The maximum atomic E-state index is 11.9. The number of methoxy groups -OCH3 is 1. The molecule has 7 nitrogen and oxygen atoms in total. The topological polar surface area (TPSA) is 88.6 Å². The summed E-state index contributed by atoms with van der Waals surface area (Å²) >= 11 is 0. The SMILES string of the molecule is CCCOc1c(/C=N\Nc2nc(-c3ccccc3)cc(=O)[nH]2)cccc1OC. The number of hydrazone groups is 1. The van der Waals surface area contributed by atoms with E-state index in [0.29, 0.717) is 23.8 Å². The molecule has 3 aromatic rings. The molecule has 0 radical (unpaired) electrons. The van der Waals surface area contributed by atoms with Gasteiger partial charge in [-0.05, 0) is 18.6 Å². The van der Waals surface area contributed by atoms with E-state index >= 15 is 0 Å². The van der Waals surface area contributed by atoms with Gasteiger partial charge in [-0.2, -0.15) is 5.10 Å². The zero-order valence-electron chi connectivity index (χ0n) is 15.8. The van der Waals surface area contributed by atoms with E-state index in [9.17, 15) is 4.79 Å². The molecule has 0 atom stereocenters. The predicted molar refractivity (Wildman–Crippen MR) is 110 cm³/mol. The summed E-state index contributed by atoms with van der Waals surface area (Å²) in [7, 11) is 1.59. The molecule has 2 aromatic carbocycles. The molecule has 0 aliphatic carbocycles. The third kappa shape index (κ3) is 4.76. The van der Waals surface area contributed by atoms with E-state index in [2.05, 4.69) is 20.5 Å². The van der Waals surface area contributed by atoms with Crippen molar-refractivity contribution in [2.45, 2.75) is 13.3 Å². The number of hydrogen-bond donors (Lipinski definition) is 2. The Morgan fingerprint density at radius 1 is 1.18 bits per heavy atom. The van der Waals surface area contributed by atoms with Crippen LogP contribution in [0.4, 0.5) is 5.95 Å². The molecule has 2 N–H and O–H groups in total. The molecule has 1 aromatic heterocycles. The van der Waals surface area contributed by atoms with Gasteiger partial charge in [0.1, 0.15) is 0 Å². The number of aromatic amines is 1. The lowest BCUT2D eigenvalue weighted by Gasteiger charge is -2.12. The van der Waals surface area contributed by atoms with Crippen molar-refractivity contribution in [2.24, 2.45) is 5.10 Å². The van der Waals surface area contributed by atoms with Crippen LogP contribution in [0.25, 0.3) is 11.3 Å². The van der Waals surface area contributed by atoms with E-state index in [-0.39, 0.29) is 11.5 Å². The second kappa shape index (κ2) is 9.36. The number of rotatable bonds is 8. The fourth-order valence-electron chi connectivity index (χ4n) is 2.58. The number of aromatic nitrogens is 2. The van der Waals surface area contributed by atoms with Crippen molar-refractivity contribution < 1.29 is 9.47 Å². The van der Waals surface area contributed by atoms with Gasteiger partial charge in [-0.1, -0.05) is 43.3 Å². The Morgan fingerprint density at radius 2 is 2.00 bits per heavy atom. The van der Waals surface area contributed by atoms with Crippen molar-refractivity contribution in [2.75, 3.05) is 19.1 Å². The second-order valence-corrected chi connectivity index (χ2v) is 5.94. The fourth-order valence-corrected chi connectivity index (χ4v) is 2.58. The average Bonchev–Trinajstić information content (AvgIpc) is 2.73. The molecule has 7 heteroatoms. The fraction of sp³-hybridized carbons (Fsp3) is 0.190. The van der Waals surface area contributed by atoms with Crippen LogP contribution < -0.4 is 20.5 Å². The minimum atomic E-state index is -0.264. The molecule has 0 unspecified atom stereocenters. The lowest BCUT2D eigenvalue weighted by atomic mass is 10.1. The molecule has 0 aliphatic rings. The highest BCUT2D eigenvalue weighted by Gasteiger charge is 2.09. The smallest absolute Gasteiger partial charge is 0.252 e. The maximum Gasteiger partial charge on any atom is 0.252 e.